The number of sulfone groups is 1. The van der Waals surface area contributed by atoms with Crippen molar-refractivity contribution in [2.24, 2.45) is 0 Å². The Kier molecular flexibility index (Phi) is 7.82. The maximum Gasteiger partial charge on any atom is 0.277 e. The van der Waals surface area contributed by atoms with Crippen LogP contribution in [0.4, 0.5) is 5.69 Å². The van der Waals surface area contributed by atoms with Crippen molar-refractivity contribution in [2.75, 3.05) is 17.2 Å². The van der Waals surface area contributed by atoms with E-state index in [-0.39, 0.29) is 32.7 Å². The van der Waals surface area contributed by atoms with Crippen molar-refractivity contribution in [3.63, 3.8) is 0 Å². The predicted molar refractivity (Wildman–Crippen MR) is 171 cm³/mol. The Morgan fingerprint density at radius 1 is 0.696 bits per heavy atom. The van der Waals surface area contributed by atoms with Crippen molar-refractivity contribution in [1.29, 1.82) is 0 Å². The van der Waals surface area contributed by atoms with E-state index in [2.05, 4.69) is 0 Å². The van der Waals surface area contributed by atoms with Gasteiger partial charge in [0.05, 0.1) is 31.8 Å². The second kappa shape index (κ2) is 11.4. The summed E-state index contributed by atoms with van der Waals surface area (Å²) in [5.74, 6) is -1.02. The average molecular weight is 679 g/mol. The van der Waals surface area contributed by atoms with Gasteiger partial charge >= 0.3 is 0 Å². The largest absolute Gasteiger partial charge is 0.478 e. The summed E-state index contributed by atoms with van der Waals surface area (Å²) >= 11 is 0. The molecular formula is C33H30N2O8S3. The van der Waals surface area contributed by atoms with Gasteiger partial charge in [0, 0.05) is 18.5 Å². The standard InChI is InChI=1S/C33H30N2O8S3/c1-24-12-16-28(17-13-24)45(39,40)35(46(41,42)29-18-14-25(2)15-19-29)26-22-33(43-23-26)30-10-6-7-11-31(30)34(32(33)36)20-21-44(37,38)27-8-4-3-5-9-27/h3-19,23H,20-22H2,1-2H3. The molecule has 10 nitrogen and oxygen atoms in total. The molecule has 6 rings (SSSR count). The van der Waals surface area contributed by atoms with Crippen LogP contribution in [0, 0.1) is 13.8 Å². The molecule has 0 saturated heterocycles. The number of ether oxygens (including phenoxy) is 1. The fourth-order valence-corrected chi connectivity index (χ4v) is 10.6. The van der Waals surface area contributed by atoms with Gasteiger partial charge in [-0.15, -0.1) is 0 Å². The van der Waals surface area contributed by atoms with Crippen LogP contribution in [0.2, 0.25) is 0 Å². The van der Waals surface area contributed by atoms with Crippen molar-refractivity contribution in [3.05, 3.63) is 132 Å². The third-order valence-corrected chi connectivity index (χ3v) is 14.0. The number of sulfonamides is 2. The average Bonchev–Trinajstić information content (AvgIpc) is 3.56. The molecule has 0 fully saturated rings. The number of hydrogen-bond donors (Lipinski definition) is 0. The summed E-state index contributed by atoms with van der Waals surface area (Å²) in [6.07, 6.45) is 0.553. The molecule has 13 heteroatoms. The molecule has 0 radical (unpaired) electrons. The van der Waals surface area contributed by atoms with Crippen molar-refractivity contribution in [2.45, 2.75) is 40.6 Å². The first-order valence-electron chi connectivity index (χ1n) is 14.3. The lowest BCUT2D eigenvalue weighted by Gasteiger charge is -2.27. The number of aryl methyl sites for hydroxylation is 2. The number of carbonyl (C=O) groups is 1. The second-order valence-corrected chi connectivity index (χ2v) is 17.1. The highest BCUT2D eigenvalue weighted by atomic mass is 32.3. The molecule has 4 aromatic carbocycles. The first-order chi connectivity index (χ1) is 21.8. The molecule has 1 amide bonds. The van der Waals surface area contributed by atoms with E-state index < -0.39 is 47.8 Å². The molecule has 1 spiro atoms. The molecule has 0 N–H and O–H groups in total. The van der Waals surface area contributed by atoms with Crippen molar-refractivity contribution >= 4 is 41.5 Å². The number of rotatable bonds is 9. The minimum absolute atomic E-state index is 0.115. The van der Waals surface area contributed by atoms with Crippen LogP contribution >= 0.6 is 0 Å². The van der Waals surface area contributed by atoms with Crippen LogP contribution < -0.4 is 4.90 Å². The van der Waals surface area contributed by atoms with Crippen LogP contribution in [0.3, 0.4) is 0 Å². The molecule has 2 heterocycles. The molecule has 0 saturated carbocycles. The minimum Gasteiger partial charge on any atom is -0.478 e. The van der Waals surface area contributed by atoms with Gasteiger partial charge in [0.1, 0.15) is 6.26 Å². The van der Waals surface area contributed by atoms with Crippen LogP contribution in [-0.4, -0.2) is 47.2 Å². The summed E-state index contributed by atoms with van der Waals surface area (Å²) in [5.41, 5.74) is 0.215. The fraction of sp³-hybridized carbons (Fsp3) is 0.182. The van der Waals surface area contributed by atoms with Gasteiger partial charge in [-0.1, -0.05) is 71.8 Å². The van der Waals surface area contributed by atoms with Crippen LogP contribution in [-0.2, 0) is 45.0 Å². The van der Waals surface area contributed by atoms with Crippen molar-refractivity contribution in [1.82, 2.24) is 3.71 Å². The zero-order valence-electron chi connectivity index (χ0n) is 24.9. The predicted octanol–water partition coefficient (Wildman–Crippen LogP) is 4.66. The summed E-state index contributed by atoms with van der Waals surface area (Å²) in [6.45, 7) is 3.34. The number of benzene rings is 4. The van der Waals surface area contributed by atoms with Crippen LogP contribution in [0.1, 0.15) is 23.1 Å². The number of hydrogen-bond acceptors (Lipinski definition) is 8. The monoisotopic (exact) mass is 678 g/mol. The Labute approximate surface area is 268 Å². The highest BCUT2D eigenvalue weighted by Gasteiger charge is 2.57. The van der Waals surface area contributed by atoms with E-state index in [0.29, 0.717) is 15.0 Å². The van der Waals surface area contributed by atoms with Crippen LogP contribution in [0.25, 0.3) is 0 Å². The van der Waals surface area contributed by atoms with Crippen LogP contribution in [0.5, 0.6) is 0 Å². The van der Waals surface area contributed by atoms with E-state index in [4.69, 9.17) is 4.74 Å². The summed E-state index contributed by atoms with van der Waals surface area (Å²) in [5, 5.41) is 0. The van der Waals surface area contributed by atoms with E-state index >= 15 is 0 Å². The number of para-hydroxylation sites is 1. The number of carbonyl (C=O) groups excluding carboxylic acids is 1. The summed E-state index contributed by atoms with van der Waals surface area (Å²) in [6, 6.07) is 26.0. The quantitative estimate of drug-likeness (QED) is 0.250. The van der Waals surface area contributed by atoms with E-state index in [0.717, 1.165) is 17.4 Å². The molecule has 46 heavy (non-hydrogen) atoms. The smallest absolute Gasteiger partial charge is 0.277 e. The minimum atomic E-state index is -4.74. The van der Waals surface area contributed by atoms with Gasteiger partial charge in [0.2, 0.25) is 5.60 Å². The van der Waals surface area contributed by atoms with Gasteiger partial charge in [0.25, 0.3) is 26.0 Å². The lowest BCUT2D eigenvalue weighted by Crippen LogP contribution is -2.43. The molecule has 2 aliphatic heterocycles. The number of fused-ring (bicyclic) bond motifs is 2. The topological polar surface area (TPSA) is 135 Å². The molecule has 1 unspecified atom stereocenters. The second-order valence-electron chi connectivity index (χ2n) is 11.2. The van der Waals surface area contributed by atoms with E-state index in [1.165, 1.54) is 41.3 Å². The van der Waals surface area contributed by atoms with Gasteiger partial charge in [-0.25, -0.2) is 25.3 Å². The maximum absolute atomic E-state index is 14.2. The molecule has 0 aliphatic carbocycles. The molecular weight excluding hydrogens is 649 g/mol. The maximum atomic E-state index is 14.2. The number of nitrogens with zero attached hydrogens (tertiary/aromatic N) is 2. The molecule has 4 aromatic rings. The zero-order valence-corrected chi connectivity index (χ0v) is 27.3. The number of anilines is 1. The van der Waals surface area contributed by atoms with E-state index in [1.54, 1.807) is 80.6 Å². The SMILES string of the molecule is Cc1ccc(S(=O)(=O)N(C2=COC3(C2)C(=O)N(CCS(=O)(=O)c2ccccc2)c2ccccc23)S(=O)(=O)c2ccc(C)cc2)cc1. The van der Waals surface area contributed by atoms with E-state index in [1.807, 2.05) is 0 Å². The first kappa shape index (κ1) is 31.5. The fourth-order valence-electron chi connectivity index (χ4n) is 5.62. The number of amides is 1. The van der Waals surface area contributed by atoms with Crippen molar-refractivity contribution in [3.8, 4) is 0 Å². The molecule has 238 valence electrons. The summed E-state index contributed by atoms with van der Waals surface area (Å²) in [7, 11) is -13.2. The Morgan fingerprint density at radius 3 is 1.78 bits per heavy atom. The van der Waals surface area contributed by atoms with Gasteiger partial charge in [0.15, 0.2) is 9.84 Å². The van der Waals surface area contributed by atoms with Gasteiger partial charge < -0.3 is 9.64 Å². The molecule has 1 atom stereocenters. The Balaban J connectivity index is 1.39. The third kappa shape index (κ3) is 5.27. The Hall–Kier alpha value is -4.46. The van der Waals surface area contributed by atoms with Crippen LogP contribution in [0.15, 0.2) is 130 Å². The van der Waals surface area contributed by atoms with Gasteiger partial charge in [-0.05, 0) is 56.3 Å². The zero-order chi connectivity index (χ0) is 32.9. The lowest BCUT2D eigenvalue weighted by atomic mass is 9.92. The highest BCUT2D eigenvalue weighted by Crippen LogP contribution is 2.51. The lowest BCUT2D eigenvalue weighted by molar-refractivity contribution is -0.135. The molecule has 0 bridgehead atoms. The highest BCUT2D eigenvalue weighted by molar-refractivity contribution is 8.04. The Morgan fingerprint density at radius 2 is 1.22 bits per heavy atom. The third-order valence-electron chi connectivity index (χ3n) is 8.04. The van der Waals surface area contributed by atoms with Crippen molar-refractivity contribution < 1.29 is 34.8 Å². The Bertz CT molecular complexity index is 2110. The van der Waals surface area contributed by atoms with E-state index in [9.17, 15) is 30.0 Å². The van der Waals surface area contributed by atoms with Gasteiger partial charge in [-0.3, -0.25) is 4.79 Å². The normalized spacial score (nSPS) is 17.9. The summed E-state index contributed by atoms with van der Waals surface area (Å²) < 4.78 is 89.1. The summed E-state index contributed by atoms with van der Waals surface area (Å²) in [4.78, 5) is 15.1. The molecule has 2 aliphatic rings. The molecule has 0 aromatic heterocycles. The van der Waals surface area contributed by atoms with Gasteiger partial charge in [-0.2, -0.15) is 3.71 Å². The first-order valence-corrected chi connectivity index (χ1v) is 18.8.